The lowest BCUT2D eigenvalue weighted by molar-refractivity contribution is -0.899. The van der Waals surface area contributed by atoms with Gasteiger partial charge in [-0.2, -0.15) is 0 Å². The third kappa shape index (κ3) is 4.45. The van der Waals surface area contributed by atoms with Crippen LogP contribution < -0.4 is 16.0 Å². The van der Waals surface area contributed by atoms with Crippen molar-refractivity contribution >= 4 is 23.4 Å². The lowest BCUT2D eigenvalue weighted by Gasteiger charge is -2.28. The normalized spacial score (nSPS) is 22.8. The molecule has 4 N–H and O–H groups in total. The number of likely N-dealkylation sites (tertiary alicyclic amines) is 1. The third-order valence-corrected chi connectivity index (χ3v) is 4.52. The lowest BCUT2D eigenvalue weighted by Crippen LogP contribution is -3.15. The summed E-state index contributed by atoms with van der Waals surface area (Å²) >= 11 is 6.14. The molecule has 0 aliphatic carbocycles. The smallest absolute Gasteiger partial charge is 0.275 e. The van der Waals surface area contributed by atoms with Gasteiger partial charge in [0.15, 0.2) is 6.54 Å². The molecule has 1 aromatic carbocycles. The quantitative estimate of drug-likeness (QED) is 0.728. The highest BCUT2D eigenvalue weighted by Gasteiger charge is 2.28. The maximum absolute atomic E-state index is 12.2. The Morgan fingerprint density at radius 2 is 2.18 bits per heavy atom. The molecule has 1 fully saturated rings. The van der Waals surface area contributed by atoms with Gasteiger partial charge in [0.2, 0.25) is 5.91 Å². The number of carbonyl (C=O) groups excluding carboxylic acids is 2. The molecule has 0 bridgehead atoms. The molecular formula is C16H23ClN3O2+. The van der Waals surface area contributed by atoms with Gasteiger partial charge in [-0.05, 0) is 31.4 Å². The van der Waals surface area contributed by atoms with Crippen molar-refractivity contribution in [3.63, 3.8) is 0 Å². The van der Waals surface area contributed by atoms with E-state index >= 15 is 0 Å². The molecule has 0 aromatic heterocycles. The van der Waals surface area contributed by atoms with Crippen LogP contribution in [0.5, 0.6) is 0 Å². The Hall–Kier alpha value is -1.59. The Kier molecular flexibility index (Phi) is 5.80. The van der Waals surface area contributed by atoms with E-state index in [0.717, 1.165) is 29.8 Å². The minimum atomic E-state index is -0.262. The highest BCUT2D eigenvalue weighted by atomic mass is 35.5. The summed E-state index contributed by atoms with van der Waals surface area (Å²) in [7, 11) is 0. The Labute approximate surface area is 135 Å². The number of rotatable bonds is 5. The van der Waals surface area contributed by atoms with E-state index in [-0.39, 0.29) is 23.8 Å². The summed E-state index contributed by atoms with van der Waals surface area (Å²) in [6.45, 7) is 3.82. The highest BCUT2D eigenvalue weighted by Crippen LogP contribution is 2.21. The largest absolute Gasteiger partial charge is 0.369 e. The molecule has 1 saturated heterocycles. The second-order valence-corrected chi connectivity index (χ2v) is 6.34. The van der Waals surface area contributed by atoms with Crippen molar-refractivity contribution in [2.75, 3.05) is 19.6 Å². The van der Waals surface area contributed by atoms with E-state index in [9.17, 15) is 9.59 Å². The van der Waals surface area contributed by atoms with Crippen LogP contribution in [0, 0.1) is 5.92 Å². The monoisotopic (exact) mass is 324 g/mol. The molecule has 3 atom stereocenters. The minimum Gasteiger partial charge on any atom is -0.369 e. The summed E-state index contributed by atoms with van der Waals surface area (Å²) < 4.78 is 0. The van der Waals surface area contributed by atoms with Crippen LogP contribution in [-0.4, -0.2) is 31.4 Å². The molecule has 1 aliphatic heterocycles. The van der Waals surface area contributed by atoms with Gasteiger partial charge in [0.1, 0.15) is 0 Å². The number of primary amides is 1. The van der Waals surface area contributed by atoms with Gasteiger partial charge < -0.3 is 16.0 Å². The van der Waals surface area contributed by atoms with Crippen LogP contribution in [0.25, 0.3) is 0 Å². The number of carbonyl (C=O) groups is 2. The number of nitrogens with one attached hydrogen (secondary N) is 2. The van der Waals surface area contributed by atoms with E-state index in [1.165, 1.54) is 0 Å². The Bertz CT molecular complexity index is 550. The average molecular weight is 325 g/mol. The fourth-order valence-electron chi connectivity index (χ4n) is 2.98. The van der Waals surface area contributed by atoms with E-state index in [2.05, 4.69) is 5.32 Å². The van der Waals surface area contributed by atoms with Crippen molar-refractivity contribution in [2.24, 2.45) is 11.7 Å². The van der Waals surface area contributed by atoms with Crippen LogP contribution in [0.1, 0.15) is 31.4 Å². The first-order valence-electron chi connectivity index (χ1n) is 7.64. The molecule has 120 valence electrons. The second-order valence-electron chi connectivity index (χ2n) is 5.93. The summed E-state index contributed by atoms with van der Waals surface area (Å²) in [4.78, 5) is 24.6. The minimum absolute atomic E-state index is 0.0347. The van der Waals surface area contributed by atoms with E-state index in [1.807, 2.05) is 31.2 Å². The Balaban J connectivity index is 1.87. The lowest BCUT2D eigenvalue weighted by atomic mass is 9.97. The van der Waals surface area contributed by atoms with Gasteiger partial charge in [-0.3, -0.25) is 9.59 Å². The zero-order valence-electron chi connectivity index (χ0n) is 12.8. The number of quaternary nitrogens is 1. The summed E-state index contributed by atoms with van der Waals surface area (Å²) in [5.74, 6) is -0.410. The number of benzene rings is 1. The van der Waals surface area contributed by atoms with Gasteiger partial charge in [0, 0.05) is 5.02 Å². The Morgan fingerprint density at radius 1 is 1.45 bits per heavy atom. The molecule has 1 unspecified atom stereocenters. The highest BCUT2D eigenvalue weighted by molar-refractivity contribution is 6.31. The number of halogens is 1. The van der Waals surface area contributed by atoms with Crippen LogP contribution in [-0.2, 0) is 9.59 Å². The summed E-state index contributed by atoms with van der Waals surface area (Å²) in [6, 6.07) is 7.34. The predicted molar refractivity (Wildman–Crippen MR) is 85.5 cm³/mol. The van der Waals surface area contributed by atoms with Crippen LogP contribution in [0.2, 0.25) is 5.02 Å². The molecule has 1 heterocycles. The first-order valence-corrected chi connectivity index (χ1v) is 8.02. The van der Waals surface area contributed by atoms with Crippen LogP contribution in [0.4, 0.5) is 0 Å². The van der Waals surface area contributed by atoms with E-state index in [4.69, 9.17) is 17.3 Å². The number of hydrogen-bond donors (Lipinski definition) is 3. The maximum atomic E-state index is 12.2. The maximum Gasteiger partial charge on any atom is 0.275 e. The zero-order chi connectivity index (χ0) is 16.1. The van der Waals surface area contributed by atoms with Crippen molar-refractivity contribution in [3.8, 4) is 0 Å². The van der Waals surface area contributed by atoms with Crippen molar-refractivity contribution < 1.29 is 14.5 Å². The molecule has 1 aliphatic rings. The molecule has 22 heavy (non-hydrogen) atoms. The van der Waals surface area contributed by atoms with Gasteiger partial charge in [0.05, 0.1) is 25.0 Å². The van der Waals surface area contributed by atoms with Gasteiger partial charge in [-0.15, -0.1) is 0 Å². The molecule has 0 spiro atoms. The average Bonchev–Trinajstić information content (AvgIpc) is 2.47. The van der Waals surface area contributed by atoms with Crippen LogP contribution in [0.15, 0.2) is 24.3 Å². The predicted octanol–water partition coefficient (Wildman–Crippen LogP) is 0.297. The molecule has 5 nitrogen and oxygen atoms in total. The van der Waals surface area contributed by atoms with Gasteiger partial charge in [-0.1, -0.05) is 29.8 Å². The van der Waals surface area contributed by atoms with E-state index in [0.29, 0.717) is 18.1 Å². The number of hydrogen-bond acceptors (Lipinski definition) is 2. The number of amides is 2. The van der Waals surface area contributed by atoms with Gasteiger partial charge >= 0.3 is 0 Å². The zero-order valence-corrected chi connectivity index (χ0v) is 13.5. The number of piperidine rings is 1. The topological polar surface area (TPSA) is 76.6 Å². The van der Waals surface area contributed by atoms with Crippen molar-refractivity contribution in [1.82, 2.24) is 5.32 Å². The summed E-state index contributed by atoms with van der Waals surface area (Å²) in [5, 5.41) is 3.62. The van der Waals surface area contributed by atoms with E-state index < -0.39 is 0 Å². The van der Waals surface area contributed by atoms with Gasteiger partial charge in [0.25, 0.3) is 5.91 Å². The SMILES string of the molecule is C[C@H](NC(=O)C[NH+]1CCC[C@H](C(N)=O)C1)c1ccccc1Cl. The first-order chi connectivity index (χ1) is 10.5. The fourth-order valence-corrected chi connectivity index (χ4v) is 3.28. The fraction of sp³-hybridized carbons (Fsp3) is 0.500. The van der Waals surface area contributed by atoms with Gasteiger partial charge in [-0.25, -0.2) is 0 Å². The first kappa shape index (κ1) is 16.8. The molecular weight excluding hydrogens is 302 g/mol. The summed E-state index contributed by atoms with van der Waals surface area (Å²) in [6.07, 6.45) is 1.76. The molecule has 1 aromatic rings. The third-order valence-electron chi connectivity index (χ3n) is 4.18. The Morgan fingerprint density at radius 3 is 2.86 bits per heavy atom. The van der Waals surface area contributed by atoms with Crippen molar-refractivity contribution in [2.45, 2.75) is 25.8 Å². The summed E-state index contributed by atoms with van der Waals surface area (Å²) in [5.41, 5.74) is 6.27. The molecule has 2 rings (SSSR count). The van der Waals surface area contributed by atoms with Crippen molar-refractivity contribution in [3.05, 3.63) is 34.9 Å². The van der Waals surface area contributed by atoms with Crippen LogP contribution in [0.3, 0.4) is 0 Å². The molecule has 0 saturated carbocycles. The van der Waals surface area contributed by atoms with Crippen molar-refractivity contribution in [1.29, 1.82) is 0 Å². The molecule has 6 heteroatoms. The number of nitrogens with two attached hydrogens (primary N) is 1. The standard InChI is InChI=1S/C16H22ClN3O2/c1-11(13-6-2-3-7-14(13)17)19-15(21)10-20-8-4-5-12(9-20)16(18)22/h2-3,6-7,11-12H,4-5,8-10H2,1H3,(H2,18,22)(H,19,21)/p+1/t11-,12-/m0/s1. The van der Waals surface area contributed by atoms with Crippen LogP contribution >= 0.6 is 11.6 Å². The molecule has 0 radical (unpaired) electrons. The second kappa shape index (κ2) is 7.61. The van der Waals surface area contributed by atoms with E-state index in [1.54, 1.807) is 0 Å². The molecule has 2 amide bonds.